The third-order valence-electron chi connectivity index (χ3n) is 17.0. The van der Waals surface area contributed by atoms with E-state index in [0.717, 1.165) is 64.6 Å². The first-order valence-corrected chi connectivity index (χ1v) is 28.8. The van der Waals surface area contributed by atoms with Gasteiger partial charge in [-0.15, -0.1) is 0 Å². The van der Waals surface area contributed by atoms with Crippen molar-refractivity contribution in [2.24, 2.45) is 0 Å². The maximum atomic E-state index is 14.7. The van der Waals surface area contributed by atoms with E-state index < -0.39 is 47.0 Å². The zero-order valence-electron chi connectivity index (χ0n) is 47.6. The third-order valence-corrected chi connectivity index (χ3v) is 17.0. The van der Waals surface area contributed by atoms with Gasteiger partial charge in [-0.2, -0.15) is 52.7 Å². The number of anilines is 6. The molecular formula is C76H42F12N4. The molecule has 0 saturated heterocycles. The van der Waals surface area contributed by atoms with E-state index in [1.54, 1.807) is 95.0 Å². The number of nitrogens with zero attached hydrogens (tertiary/aromatic N) is 4. The summed E-state index contributed by atoms with van der Waals surface area (Å²) < 4.78 is 176. The summed E-state index contributed by atoms with van der Waals surface area (Å²) in [5.74, 6) is 0. The topological polar surface area (TPSA) is 32.3 Å². The Morgan fingerprint density at radius 2 is 0.478 bits per heavy atom. The highest BCUT2D eigenvalue weighted by Crippen LogP contribution is 2.49. The Morgan fingerprint density at radius 1 is 0.217 bits per heavy atom. The van der Waals surface area contributed by atoms with Gasteiger partial charge in [0.15, 0.2) is 0 Å². The van der Waals surface area contributed by atoms with Crippen LogP contribution in [0.1, 0.15) is 22.3 Å². The molecule has 4 nitrogen and oxygen atoms in total. The van der Waals surface area contributed by atoms with Crippen LogP contribution in [-0.4, -0.2) is 9.97 Å². The molecule has 15 aromatic rings. The maximum Gasteiger partial charge on any atom is 0.416 e. The largest absolute Gasteiger partial charge is 0.416 e. The minimum atomic E-state index is -5.15. The van der Waals surface area contributed by atoms with E-state index in [9.17, 15) is 52.7 Å². The Balaban J connectivity index is 0.923. The molecule has 0 amide bonds. The zero-order chi connectivity index (χ0) is 63.6. The molecule has 450 valence electrons. The molecule has 92 heavy (non-hydrogen) atoms. The number of hydrogen-bond donors (Lipinski definition) is 0. The van der Waals surface area contributed by atoms with Gasteiger partial charge >= 0.3 is 24.7 Å². The van der Waals surface area contributed by atoms with Gasteiger partial charge in [0.1, 0.15) is 0 Å². The van der Waals surface area contributed by atoms with Crippen LogP contribution in [0.4, 0.5) is 86.8 Å². The lowest BCUT2D eigenvalue weighted by molar-refractivity contribution is -0.144. The van der Waals surface area contributed by atoms with Gasteiger partial charge in [0.05, 0.1) is 46.0 Å². The number of halogens is 12. The van der Waals surface area contributed by atoms with Crippen molar-refractivity contribution < 1.29 is 52.7 Å². The molecule has 0 unspecified atom stereocenters. The van der Waals surface area contributed by atoms with Crippen molar-refractivity contribution in [2.45, 2.75) is 24.7 Å². The van der Waals surface area contributed by atoms with Crippen molar-refractivity contribution in [2.75, 3.05) is 9.80 Å². The van der Waals surface area contributed by atoms with Gasteiger partial charge in [-0.3, -0.25) is 9.97 Å². The highest BCUT2D eigenvalue weighted by Gasteiger charge is 2.39. The van der Waals surface area contributed by atoms with Crippen LogP contribution < -0.4 is 9.80 Å². The number of alkyl halides is 12. The number of benzene rings is 13. The Hall–Kier alpha value is -11.0. The smallest absolute Gasteiger partial charge is 0.309 e. The number of pyridine rings is 2. The minimum absolute atomic E-state index is 0.0241. The summed E-state index contributed by atoms with van der Waals surface area (Å²) in [6.45, 7) is 0. The van der Waals surface area contributed by atoms with E-state index in [4.69, 9.17) is 0 Å². The summed E-state index contributed by atoms with van der Waals surface area (Å²) in [6.07, 6.45) is -14.4. The average Bonchev–Trinajstić information content (AvgIpc) is 0.751. The lowest BCUT2D eigenvalue weighted by atomic mass is 9.90. The SMILES string of the molecule is FC(F)(F)c1cc(-c2cc(-c3cc4ccc5cccc6ccc(c3)c4c56)cc(N(c3ccc(N(c4cccnc4)c4cc(-c5cc(C(F)(F)F)cc(C(F)(F)F)c5)cc(-c5cc6ccc7cccc8ccc(c5)c6c78)c4)cc3)c3cccnc3)c2)cc(C(F)(F)F)c1. The molecule has 13 aromatic carbocycles. The Morgan fingerprint density at radius 3 is 0.750 bits per heavy atom. The second-order valence-corrected chi connectivity index (χ2v) is 22.8. The molecule has 16 heteroatoms. The highest BCUT2D eigenvalue weighted by molar-refractivity contribution is 6.25. The Kier molecular flexibility index (Phi) is 13.3. The summed E-state index contributed by atoms with van der Waals surface area (Å²) in [6, 6.07) is 62.0. The molecular weight excluding hydrogens is 1200 g/mol. The molecule has 0 N–H and O–H groups in total. The summed E-state index contributed by atoms with van der Waals surface area (Å²) in [4.78, 5) is 12.3. The average molecular weight is 1240 g/mol. The zero-order valence-corrected chi connectivity index (χ0v) is 47.6. The van der Waals surface area contributed by atoms with Crippen molar-refractivity contribution in [3.63, 3.8) is 0 Å². The standard InChI is InChI=1S/C76H42F12N4/c77-73(78,79)59-31-57(32-60(39-59)74(80,81)82)55-29-53(51-25-47-15-11-43-5-1-6-44-12-16-48(26-51)71(47)69(43)44)35-67(37-55)91(65-9-3-23-89-41-65)63-19-21-64(22-20-63)92(66-10-4-24-90-42-66)68-36-54(30-56(38-68)58-33-61(75(83,84)85)40-62(34-58)76(86,87)88)52-27-49-17-13-45-7-2-8-46-14-18-50(28-52)72(49)70(45)46/h1-42H. The third kappa shape index (κ3) is 10.4. The van der Waals surface area contributed by atoms with Gasteiger partial charge in [0.25, 0.3) is 0 Å². The molecule has 2 heterocycles. The molecule has 0 atom stereocenters. The number of rotatable bonds is 10. The summed E-state index contributed by atoms with van der Waals surface area (Å²) in [5, 5.41) is 11.5. The van der Waals surface area contributed by atoms with Crippen molar-refractivity contribution in [3.05, 3.63) is 278 Å². The van der Waals surface area contributed by atoms with Crippen LogP contribution in [0.3, 0.4) is 0 Å². The highest BCUT2D eigenvalue weighted by atomic mass is 19.4. The van der Waals surface area contributed by atoms with Gasteiger partial charge in [-0.1, -0.05) is 84.9 Å². The molecule has 0 aliphatic rings. The van der Waals surface area contributed by atoms with Gasteiger partial charge in [0.2, 0.25) is 0 Å². The number of hydrogen-bond acceptors (Lipinski definition) is 4. The van der Waals surface area contributed by atoms with Crippen LogP contribution >= 0.6 is 0 Å². The first-order chi connectivity index (χ1) is 44.1. The second-order valence-electron chi connectivity index (χ2n) is 22.8. The predicted octanol–water partition coefficient (Wildman–Crippen LogP) is 24.0. The fraction of sp³-hybridized carbons (Fsp3) is 0.0526. The monoisotopic (exact) mass is 1240 g/mol. The van der Waals surface area contributed by atoms with E-state index in [2.05, 4.69) is 9.97 Å². The number of aromatic nitrogens is 2. The van der Waals surface area contributed by atoms with Gasteiger partial charge in [-0.25, -0.2) is 0 Å². The van der Waals surface area contributed by atoms with Crippen molar-refractivity contribution in [3.8, 4) is 44.5 Å². The summed E-state index contributed by atoms with van der Waals surface area (Å²) >= 11 is 0. The molecule has 0 saturated carbocycles. The lowest BCUT2D eigenvalue weighted by Crippen LogP contribution is -2.13. The summed E-state index contributed by atoms with van der Waals surface area (Å²) in [5.41, 5.74) is -2.17. The molecule has 0 fully saturated rings. The molecule has 15 rings (SSSR count). The maximum absolute atomic E-state index is 14.7. The van der Waals surface area contributed by atoms with E-state index >= 15 is 0 Å². The quantitative estimate of drug-likeness (QED) is 0.101. The van der Waals surface area contributed by atoms with Crippen LogP contribution in [0.25, 0.3) is 109 Å². The van der Waals surface area contributed by atoms with E-state index in [1.807, 2.05) is 109 Å². The first-order valence-electron chi connectivity index (χ1n) is 28.8. The van der Waals surface area contributed by atoms with Gasteiger partial charge in [0, 0.05) is 35.1 Å². The minimum Gasteiger partial charge on any atom is -0.309 e. The normalized spacial score (nSPS) is 12.6. The van der Waals surface area contributed by atoms with Crippen LogP contribution in [0.5, 0.6) is 0 Å². The van der Waals surface area contributed by atoms with E-state index in [1.165, 1.54) is 24.5 Å². The lowest BCUT2D eigenvalue weighted by Gasteiger charge is -2.29. The Labute approximate surface area is 515 Å². The van der Waals surface area contributed by atoms with Crippen LogP contribution in [0.15, 0.2) is 255 Å². The van der Waals surface area contributed by atoms with Gasteiger partial charge in [-0.05, 0) is 255 Å². The molecule has 0 aliphatic heterocycles. The first kappa shape index (κ1) is 57.4. The van der Waals surface area contributed by atoms with Crippen molar-refractivity contribution in [1.29, 1.82) is 0 Å². The van der Waals surface area contributed by atoms with E-state index in [-0.39, 0.29) is 34.4 Å². The van der Waals surface area contributed by atoms with E-state index in [0.29, 0.717) is 80.6 Å². The molecule has 0 radical (unpaired) electrons. The summed E-state index contributed by atoms with van der Waals surface area (Å²) in [7, 11) is 0. The Bertz CT molecular complexity index is 4830. The fourth-order valence-corrected chi connectivity index (χ4v) is 12.8. The molecule has 0 bridgehead atoms. The molecule has 0 aliphatic carbocycles. The molecule has 0 spiro atoms. The van der Waals surface area contributed by atoms with Crippen LogP contribution in [-0.2, 0) is 24.7 Å². The molecule has 2 aromatic heterocycles. The van der Waals surface area contributed by atoms with Crippen LogP contribution in [0.2, 0.25) is 0 Å². The van der Waals surface area contributed by atoms with Gasteiger partial charge < -0.3 is 9.80 Å². The second kappa shape index (κ2) is 21.3. The van der Waals surface area contributed by atoms with Crippen molar-refractivity contribution in [1.82, 2.24) is 9.97 Å². The van der Waals surface area contributed by atoms with Crippen molar-refractivity contribution >= 4 is 98.8 Å². The fourth-order valence-electron chi connectivity index (χ4n) is 12.8. The van der Waals surface area contributed by atoms with Crippen LogP contribution in [0, 0.1) is 0 Å². The predicted molar refractivity (Wildman–Crippen MR) is 341 cm³/mol.